The van der Waals surface area contributed by atoms with Crippen LogP contribution in [0.2, 0.25) is 0 Å². The summed E-state index contributed by atoms with van der Waals surface area (Å²) in [5, 5.41) is 0. The van der Waals surface area contributed by atoms with E-state index in [4.69, 9.17) is 14.2 Å². The van der Waals surface area contributed by atoms with E-state index in [1.807, 2.05) is 42.5 Å². The number of hydrogen-bond donors (Lipinski definition) is 0. The summed E-state index contributed by atoms with van der Waals surface area (Å²) in [5.74, 6) is 1.43. The van der Waals surface area contributed by atoms with Crippen LogP contribution in [0.1, 0.15) is 23.6 Å². The molecule has 2 aromatic carbocycles. The van der Waals surface area contributed by atoms with Gasteiger partial charge in [0.15, 0.2) is 0 Å². The van der Waals surface area contributed by atoms with Crippen molar-refractivity contribution in [2.75, 3.05) is 13.2 Å². The van der Waals surface area contributed by atoms with Crippen LogP contribution in [0.3, 0.4) is 0 Å². The highest BCUT2D eigenvalue weighted by molar-refractivity contribution is 5.93. The van der Waals surface area contributed by atoms with Crippen molar-refractivity contribution in [1.82, 2.24) is 0 Å². The second-order valence-electron chi connectivity index (χ2n) is 6.09. The van der Waals surface area contributed by atoms with E-state index in [1.54, 1.807) is 6.92 Å². The van der Waals surface area contributed by atoms with Gasteiger partial charge in [-0.25, -0.2) is 4.79 Å². The topological polar surface area (TPSA) is 48.1 Å². The van der Waals surface area contributed by atoms with Crippen LogP contribution < -0.4 is 4.74 Å². The number of para-hydroxylation sites is 1. The van der Waals surface area contributed by atoms with Crippen LogP contribution in [0.4, 0.5) is 0 Å². The third-order valence-corrected chi connectivity index (χ3v) is 4.23. The summed E-state index contributed by atoms with van der Waals surface area (Å²) in [6.45, 7) is 2.78. The van der Waals surface area contributed by atoms with E-state index in [2.05, 4.69) is 6.07 Å². The molecule has 0 aliphatic carbocycles. The van der Waals surface area contributed by atoms with E-state index in [-0.39, 0.29) is 12.1 Å². The Morgan fingerprint density at radius 1 is 1.21 bits per heavy atom. The standard InChI is InChI=1S/C20H18O4/c1-13(20(21)23-12-16-11-22-16)9-14-6-4-8-19-17(14)10-15-5-2-3-7-18(15)24-19/h2-9,16H,10-12H2,1H3. The molecule has 2 aliphatic rings. The first-order valence-corrected chi connectivity index (χ1v) is 8.05. The molecular weight excluding hydrogens is 304 g/mol. The molecule has 1 atom stereocenters. The number of rotatable bonds is 4. The Kier molecular flexibility index (Phi) is 3.82. The molecule has 4 heteroatoms. The summed E-state index contributed by atoms with van der Waals surface area (Å²) in [6, 6.07) is 13.9. The molecule has 4 rings (SSSR count). The van der Waals surface area contributed by atoms with Gasteiger partial charge >= 0.3 is 5.97 Å². The van der Waals surface area contributed by atoms with Crippen molar-refractivity contribution < 1.29 is 19.0 Å². The van der Waals surface area contributed by atoms with Gasteiger partial charge in [-0.1, -0.05) is 30.3 Å². The van der Waals surface area contributed by atoms with Crippen molar-refractivity contribution >= 4 is 12.0 Å². The van der Waals surface area contributed by atoms with Crippen LogP contribution >= 0.6 is 0 Å². The molecular formula is C20H18O4. The average Bonchev–Trinajstić information content (AvgIpc) is 3.42. The minimum atomic E-state index is -0.305. The van der Waals surface area contributed by atoms with Gasteiger partial charge in [-0.05, 0) is 36.3 Å². The van der Waals surface area contributed by atoms with Gasteiger partial charge in [0.1, 0.15) is 24.2 Å². The highest BCUT2D eigenvalue weighted by Gasteiger charge is 2.24. The third-order valence-electron chi connectivity index (χ3n) is 4.23. The lowest BCUT2D eigenvalue weighted by molar-refractivity contribution is -0.139. The van der Waals surface area contributed by atoms with Gasteiger partial charge in [0.2, 0.25) is 0 Å². The van der Waals surface area contributed by atoms with Gasteiger partial charge < -0.3 is 14.2 Å². The molecule has 0 saturated carbocycles. The molecule has 1 saturated heterocycles. The fourth-order valence-corrected chi connectivity index (χ4v) is 2.80. The Morgan fingerprint density at radius 2 is 2.00 bits per heavy atom. The Labute approximate surface area is 140 Å². The Hall–Kier alpha value is -2.59. The second kappa shape index (κ2) is 6.13. The van der Waals surface area contributed by atoms with Crippen molar-refractivity contribution in [3.63, 3.8) is 0 Å². The van der Waals surface area contributed by atoms with E-state index in [1.165, 1.54) is 0 Å². The SMILES string of the molecule is CC(=Cc1cccc2c1Cc1ccccc1O2)C(=O)OCC1CO1. The monoisotopic (exact) mass is 322 g/mol. The highest BCUT2D eigenvalue weighted by atomic mass is 16.6. The number of carbonyl (C=O) groups excluding carboxylic acids is 1. The van der Waals surface area contributed by atoms with E-state index >= 15 is 0 Å². The fourth-order valence-electron chi connectivity index (χ4n) is 2.80. The highest BCUT2D eigenvalue weighted by Crippen LogP contribution is 2.38. The van der Waals surface area contributed by atoms with E-state index in [9.17, 15) is 4.79 Å². The summed E-state index contributed by atoms with van der Waals surface area (Å²) in [5.41, 5.74) is 3.80. The molecule has 2 aliphatic heterocycles. The molecule has 0 radical (unpaired) electrons. The summed E-state index contributed by atoms with van der Waals surface area (Å²) in [6.07, 6.45) is 2.74. The molecule has 4 nitrogen and oxygen atoms in total. The van der Waals surface area contributed by atoms with Crippen LogP contribution in [0.5, 0.6) is 11.5 Å². The second-order valence-corrected chi connectivity index (χ2v) is 6.09. The predicted molar refractivity (Wildman–Crippen MR) is 90.1 cm³/mol. The van der Waals surface area contributed by atoms with Gasteiger partial charge in [0.25, 0.3) is 0 Å². The van der Waals surface area contributed by atoms with Gasteiger partial charge in [0.05, 0.1) is 6.61 Å². The lowest BCUT2D eigenvalue weighted by Gasteiger charge is -2.21. The van der Waals surface area contributed by atoms with Crippen LogP contribution in [0, 0.1) is 0 Å². The van der Waals surface area contributed by atoms with E-state index < -0.39 is 0 Å². The normalized spacial score (nSPS) is 18.2. The zero-order valence-electron chi connectivity index (χ0n) is 13.5. The Bertz CT molecular complexity index is 818. The number of benzene rings is 2. The van der Waals surface area contributed by atoms with Crippen LogP contribution in [-0.2, 0) is 20.7 Å². The van der Waals surface area contributed by atoms with Crippen molar-refractivity contribution in [1.29, 1.82) is 0 Å². The molecule has 1 fully saturated rings. The minimum absolute atomic E-state index is 0.0798. The summed E-state index contributed by atoms with van der Waals surface area (Å²) in [4.78, 5) is 12.1. The first-order chi connectivity index (χ1) is 11.7. The Balaban J connectivity index is 1.58. The first-order valence-electron chi connectivity index (χ1n) is 8.05. The predicted octanol–water partition coefficient (Wildman–Crippen LogP) is 3.73. The zero-order chi connectivity index (χ0) is 16.5. The maximum absolute atomic E-state index is 12.1. The van der Waals surface area contributed by atoms with Gasteiger partial charge in [-0.3, -0.25) is 0 Å². The van der Waals surface area contributed by atoms with Crippen molar-refractivity contribution in [2.24, 2.45) is 0 Å². The maximum Gasteiger partial charge on any atom is 0.333 e. The van der Waals surface area contributed by atoms with Crippen LogP contribution in [0.25, 0.3) is 6.08 Å². The number of esters is 1. The Morgan fingerprint density at radius 3 is 2.83 bits per heavy atom. The van der Waals surface area contributed by atoms with E-state index in [0.717, 1.165) is 34.6 Å². The zero-order valence-corrected chi connectivity index (χ0v) is 13.5. The summed E-state index contributed by atoms with van der Waals surface area (Å²) >= 11 is 0. The number of carbonyl (C=O) groups is 1. The molecule has 0 N–H and O–H groups in total. The van der Waals surface area contributed by atoms with Crippen LogP contribution in [0.15, 0.2) is 48.0 Å². The molecule has 2 aromatic rings. The molecule has 0 aromatic heterocycles. The van der Waals surface area contributed by atoms with Gasteiger partial charge in [0, 0.05) is 17.6 Å². The van der Waals surface area contributed by atoms with Crippen molar-refractivity contribution in [2.45, 2.75) is 19.4 Å². The number of epoxide rings is 1. The molecule has 0 bridgehead atoms. The molecule has 0 amide bonds. The lowest BCUT2D eigenvalue weighted by Crippen LogP contribution is -2.11. The summed E-state index contributed by atoms with van der Waals surface area (Å²) in [7, 11) is 0. The van der Waals surface area contributed by atoms with Crippen molar-refractivity contribution in [3.05, 3.63) is 64.7 Å². The molecule has 2 heterocycles. The fraction of sp³-hybridized carbons (Fsp3) is 0.250. The minimum Gasteiger partial charge on any atom is -0.459 e. The third kappa shape index (κ3) is 3.05. The van der Waals surface area contributed by atoms with Gasteiger partial charge in [-0.15, -0.1) is 0 Å². The number of fused-ring (bicyclic) bond motifs is 2. The van der Waals surface area contributed by atoms with Crippen molar-refractivity contribution in [3.8, 4) is 11.5 Å². The quantitative estimate of drug-likeness (QED) is 0.417. The molecule has 1 unspecified atom stereocenters. The number of ether oxygens (including phenoxy) is 3. The van der Waals surface area contributed by atoms with E-state index in [0.29, 0.717) is 18.8 Å². The maximum atomic E-state index is 12.1. The largest absolute Gasteiger partial charge is 0.459 e. The van der Waals surface area contributed by atoms with Crippen LogP contribution in [-0.4, -0.2) is 25.3 Å². The smallest absolute Gasteiger partial charge is 0.333 e. The molecule has 0 spiro atoms. The first kappa shape index (κ1) is 15.0. The van der Waals surface area contributed by atoms with Gasteiger partial charge in [-0.2, -0.15) is 0 Å². The summed E-state index contributed by atoms with van der Waals surface area (Å²) < 4.78 is 16.3. The molecule has 24 heavy (non-hydrogen) atoms. The average molecular weight is 322 g/mol. The number of hydrogen-bond acceptors (Lipinski definition) is 4. The lowest BCUT2D eigenvalue weighted by atomic mass is 9.95. The molecule has 122 valence electrons.